The smallest absolute Gasteiger partial charge is 0.122 e. The summed E-state index contributed by atoms with van der Waals surface area (Å²) in [6.07, 6.45) is 0.966. The van der Waals surface area contributed by atoms with E-state index in [1.54, 1.807) is 11.3 Å². The molecule has 2 nitrogen and oxygen atoms in total. The third kappa shape index (κ3) is 1.95. The molecule has 1 aliphatic rings. The van der Waals surface area contributed by atoms with Crippen LogP contribution in [0.5, 0.6) is 5.75 Å². The number of hydrogen-bond donors (Lipinski definition) is 1. The molecule has 0 amide bonds. The Balaban J connectivity index is 1.97. The van der Waals surface area contributed by atoms with E-state index in [1.165, 1.54) is 5.56 Å². The molecule has 1 aromatic carbocycles. The Kier molecular flexibility index (Phi) is 2.82. The zero-order valence-corrected chi connectivity index (χ0v) is 10.7. The minimum Gasteiger partial charge on any atom is -0.493 e. The second-order valence-corrected chi connectivity index (χ2v) is 5.43. The minimum absolute atomic E-state index is 0.145. The Hall–Kier alpha value is -1.03. The molecular weight excluding hydrogens is 254 g/mol. The zero-order chi connectivity index (χ0) is 11.8. The van der Waals surface area contributed by atoms with Crippen LogP contribution in [0.15, 0.2) is 29.6 Å². The molecule has 0 radical (unpaired) electrons. The van der Waals surface area contributed by atoms with Crippen molar-refractivity contribution >= 4 is 22.9 Å². The van der Waals surface area contributed by atoms with Crippen molar-refractivity contribution in [1.29, 1.82) is 0 Å². The van der Waals surface area contributed by atoms with Gasteiger partial charge in [0.2, 0.25) is 0 Å². The van der Waals surface area contributed by atoms with Gasteiger partial charge in [-0.2, -0.15) is 0 Å². The van der Waals surface area contributed by atoms with E-state index in [2.05, 4.69) is 6.07 Å². The molecule has 2 N–H and O–H groups in total. The topological polar surface area (TPSA) is 35.2 Å². The van der Waals surface area contributed by atoms with Crippen molar-refractivity contribution < 1.29 is 4.74 Å². The molecule has 1 unspecified atom stereocenters. The molecule has 0 bridgehead atoms. The SMILES string of the molecule is NC(c1ccc2c(c1)CCO2)c1sccc1Cl. The van der Waals surface area contributed by atoms with Gasteiger partial charge in [0.15, 0.2) is 0 Å². The Labute approximate surface area is 109 Å². The Morgan fingerprint density at radius 2 is 2.24 bits per heavy atom. The summed E-state index contributed by atoms with van der Waals surface area (Å²) in [5.74, 6) is 0.984. The van der Waals surface area contributed by atoms with Crippen LogP contribution in [-0.4, -0.2) is 6.61 Å². The van der Waals surface area contributed by atoms with Gasteiger partial charge in [-0.15, -0.1) is 11.3 Å². The van der Waals surface area contributed by atoms with Crippen molar-refractivity contribution in [2.75, 3.05) is 6.61 Å². The van der Waals surface area contributed by atoms with Crippen LogP contribution in [0.25, 0.3) is 0 Å². The molecule has 0 saturated heterocycles. The molecule has 1 aromatic heterocycles. The summed E-state index contributed by atoms with van der Waals surface area (Å²) in [6, 6.07) is 7.89. The molecule has 4 heteroatoms. The summed E-state index contributed by atoms with van der Waals surface area (Å²) < 4.78 is 5.48. The molecule has 0 saturated carbocycles. The lowest BCUT2D eigenvalue weighted by molar-refractivity contribution is 0.357. The van der Waals surface area contributed by atoms with Crippen molar-refractivity contribution in [2.24, 2.45) is 5.73 Å². The van der Waals surface area contributed by atoms with Crippen molar-refractivity contribution in [1.82, 2.24) is 0 Å². The molecule has 0 fully saturated rings. The van der Waals surface area contributed by atoms with Crippen molar-refractivity contribution in [2.45, 2.75) is 12.5 Å². The third-order valence-corrected chi connectivity index (χ3v) is 4.44. The van der Waals surface area contributed by atoms with Gasteiger partial charge in [0.05, 0.1) is 17.7 Å². The molecule has 1 atom stereocenters. The normalized spacial score (nSPS) is 15.4. The van der Waals surface area contributed by atoms with Gasteiger partial charge in [-0.05, 0) is 28.6 Å². The highest BCUT2D eigenvalue weighted by molar-refractivity contribution is 7.10. The average Bonchev–Trinajstić information content (AvgIpc) is 2.95. The third-order valence-electron chi connectivity index (χ3n) is 3.00. The summed E-state index contributed by atoms with van der Waals surface area (Å²) in [5.41, 5.74) is 8.58. The van der Waals surface area contributed by atoms with Gasteiger partial charge in [0.1, 0.15) is 5.75 Å². The Morgan fingerprint density at radius 3 is 3.00 bits per heavy atom. The van der Waals surface area contributed by atoms with Gasteiger partial charge in [0, 0.05) is 11.3 Å². The lowest BCUT2D eigenvalue weighted by Gasteiger charge is -2.12. The van der Waals surface area contributed by atoms with E-state index in [4.69, 9.17) is 22.1 Å². The molecular formula is C13H12ClNOS. The standard InChI is InChI=1S/C13H12ClNOS/c14-10-4-6-17-13(10)12(15)9-1-2-11-8(7-9)3-5-16-11/h1-2,4,6-7,12H,3,5,15H2. The summed E-state index contributed by atoms with van der Waals surface area (Å²) in [4.78, 5) is 1.02. The predicted octanol–water partition coefficient (Wildman–Crippen LogP) is 3.38. The van der Waals surface area contributed by atoms with Gasteiger partial charge in [-0.25, -0.2) is 0 Å². The monoisotopic (exact) mass is 265 g/mol. The van der Waals surface area contributed by atoms with E-state index in [1.807, 2.05) is 23.6 Å². The largest absolute Gasteiger partial charge is 0.493 e. The number of benzene rings is 1. The van der Waals surface area contributed by atoms with Crippen LogP contribution in [0.2, 0.25) is 5.02 Å². The quantitative estimate of drug-likeness (QED) is 0.903. The number of rotatable bonds is 2. The predicted molar refractivity (Wildman–Crippen MR) is 71.0 cm³/mol. The molecule has 0 spiro atoms. The maximum Gasteiger partial charge on any atom is 0.122 e. The lowest BCUT2D eigenvalue weighted by Crippen LogP contribution is -2.10. The zero-order valence-electron chi connectivity index (χ0n) is 9.15. The highest BCUT2D eigenvalue weighted by Crippen LogP contribution is 2.34. The maximum absolute atomic E-state index is 6.24. The van der Waals surface area contributed by atoms with Crippen LogP contribution in [0.3, 0.4) is 0 Å². The number of nitrogens with two attached hydrogens (primary N) is 1. The van der Waals surface area contributed by atoms with Gasteiger partial charge in [-0.3, -0.25) is 0 Å². The van der Waals surface area contributed by atoms with Crippen LogP contribution in [0.4, 0.5) is 0 Å². The molecule has 17 heavy (non-hydrogen) atoms. The highest BCUT2D eigenvalue weighted by Gasteiger charge is 2.18. The first-order valence-corrected chi connectivity index (χ1v) is 6.75. The van der Waals surface area contributed by atoms with Crippen LogP contribution in [0.1, 0.15) is 22.0 Å². The molecule has 1 aliphatic heterocycles. The first-order valence-electron chi connectivity index (χ1n) is 5.50. The van der Waals surface area contributed by atoms with Crippen molar-refractivity contribution in [3.05, 3.63) is 50.7 Å². The Bertz CT molecular complexity index is 552. The van der Waals surface area contributed by atoms with E-state index in [9.17, 15) is 0 Å². The summed E-state index contributed by atoms with van der Waals surface area (Å²) in [6.45, 7) is 0.772. The molecule has 3 rings (SSSR count). The average molecular weight is 266 g/mol. The number of fused-ring (bicyclic) bond motifs is 1. The lowest BCUT2D eigenvalue weighted by atomic mass is 10.0. The molecule has 2 heterocycles. The van der Waals surface area contributed by atoms with Crippen molar-refractivity contribution in [3.8, 4) is 5.75 Å². The Morgan fingerprint density at radius 1 is 1.35 bits per heavy atom. The van der Waals surface area contributed by atoms with E-state index < -0.39 is 0 Å². The van der Waals surface area contributed by atoms with Crippen LogP contribution in [-0.2, 0) is 6.42 Å². The molecule has 2 aromatic rings. The maximum atomic E-state index is 6.24. The van der Waals surface area contributed by atoms with E-state index >= 15 is 0 Å². The van der Waals surface area contributed by atoms with Gasteiger partial charge in [-0.1, -0.05) is 23.7 Å². The van der Waals surface area contributed by atoms with Crippen LogP contribution in [0, 0.1) is 0 Å². The van der Waals surface area contributed by atoms with Gasteiger partial charge >= 0.3 is 0 Å². The van der Waals surface area contributed by atoms with E-state index in [-0.39, 0.29) is 6.04 Å². The first-order chi connectivity index (χ1) is 8.25. The minimum atomic E-state index is -0.145. The fourth-order valence-electron chi connectivity index (χ4n) is 2.08. The first kappa shape index (κ1) is 11.1. The number of ether oxygens (including phenoxy) is 1. The second kappa shape index (κ2) is 4.33. The van der Waals surface area contributed by atoms with Crippen molar-refractivity contribution in [3.63, 3.8) is 0 Å². The number of halogens is 1. The van der Waals surface area contributed by atoms with Gasteiger partial charge < -0.3 is 10.5 Å². The fraction of sp³-hybridized carbons (Fsp3) is 0.231. The summed E-state index contributed by atoms with van der Waals surface area (Å²) in [5, 5.41) is 2.72. The van der Waals surface area contributed by atoms with E-state index in [0.29, 0.717) is 0 Å². The van der Waals surface area contributed by atoms with E-state index in [0.717, 1.165) is 34.2 Å². The molecule has 88 valence electrons. The van der Waals surface area contributed by atoms with Crippen LogP contribution >= 0.6 is 22.9 Å². The molecule has 0 aliphatic carbocycles. The summed E-state index contributed by atoms with van der Waals surface area (Å²) >= 11 is 7.71. The number of hydrogen-bond acceptors (Lipinski definition) is 3. The summed E-state index contributed by atoms with van der Waals surface area (Å²) in [7, 11) is 0. The second-order valence-electron chi connectivity index (χ2n) is 4.08. The van der Waals surface area contributed by atoms with Crippen LogP contribution < -0.4 is 10.5 Å². The van der Waals surface area contributed by atoms with Gasteiger partial charge in [0.25, 0.3) is 0 Å². The fourth-order valence-corrected chi connectivity index (χ4v) is 3.28. The number of thiophene rings is 1. The highest BCUT2D eigenvalue weighted by atomic mass is 35.5.